The fourth-order valence-corrected chi connectivity index (χ4v) is 1.88. The second kappa shape index (κ2) is 3.98. The molecule has 2 atom stereocenters. The van der Waals surface area contributed by atoms with Gasteiger partial charge in [0.25, 0.3) is 0 Å². The molecule has 0 spiro atoms. The van der Waals surface area contributed by atoms with Crippen LogP contribution in [0.25, 0.3) is 5.65 Å². The summed E-state index contributed by atoms with van der Waals surface area (Å²) in [6.07, 6.45) is 4.69. The van der Waals surface area contributed by atoms with E-state index in [4.69, 9.17) is 5.73 Å². The molecular formula is C11H16N4. The molecule has 0 aromatic carbocycles. The molecule has 2 N–H and O–H groups in total. The number of nitrogens with two attached hydrogens (primary N) is 1. The molecule has 0 bridgehead atoms. The highest BCUT2D eigenvalue weighted by atomic mass is 15.2. The molecule has 2 aromatic rings. The summed E-state index contributed by atoms with van der Waals surface area (Å²) in [4.78, 5) is 4.55. The van der Waals surface area contributed by atoms with E-state index in [1.807, 2.05) is 25.3 Å². The second-order valence-corrected chi connectivity index (χ2v) is 3.86. The Hall–Kier alpha value is -1.42. The van der Waals surface area contributed by atoms with Crippen LogP contribution in [0.2, 0.25) is 0 Å². The van der Waals surface area contributed by atoms with Gasteiger partial charge in [-0.3, -0.25) is 0 Å². The Morgan fingerprint density at radius 2 is 2.27 bits per heavy atom. The molecule has 0 saturated carbocycles. The van der Waals surface area contributed by atoms with E-state index >= 15 is 0 Å². The molecule has 0 saturated heterocycles. The maximum absolute atomic E-state index is 5.94. The maximum atomic E-state index is 5.94. The Balaban J connectivity index is 2.41. The van der Waals surface area contributed by atoms with Gasteiger partial charge in [0.2, 0.25) is 0 Å². The van der Waals surface area contributed by atoms with Crippen molar-refractivity contribution in [2.24, 2.45) is 5.73 Å². The SMILES string of the molecule is CCC(c1ccn2nccc2n1)C(C)N. The largest absolute Gasteiger partial charge is 0.327 e. The number of nitrogens with zero attached hydrogens (tertiary/aromatic N) is 3. The van der Waals surface area contributed by atoms with Gasteiger partial charge in [-0.05, 0) is 19.4 Å². The van der Waals surface area contributed by atoms with Gasteiger partial charge in [0, 0.05) is 29.9 Å². The van der Waals surface area contributed by atoms with Crippen LogP contribution in [0.5, 0.6) is 0 Å². The lowest BCUT2D eigenvalue weighted by molar-refractivity contribution is 0.540. The van der Waals surface area contributed by atoms with E-state index in [1.54, 1.807) is 10.7 Å². The first-order valence-corrected chi connectivity index (χ1v) is 5.28. The van der Waals surface area contributed by atoms with Gasteiger partial charge in [0.1, 0.15) is 0 Å². The van der Waals surface area contributed by atoms with E-state index in [2.05, 4.69) is 17.0 Å². The van der Waals surface area contributed by atoms with Crippen molar-refractivity contribution >= 4 is 5.65 Å². The van der Waals surface area contributed by atoms with E-state index in [9.17, 15) is 0 Å². The van der Waals surface area contributed by atoms with Gasteiger partial charge in [-0.2, -0.15) is 5.10 Å². The fourth-order valence-electron chi connectivity index (χ4n) is 1.88. The third-order valence-electron chi connectivity index (χ3n) is 2.73. The molecule has 0 aliphatic carbocycles. The number of rotatable bonds is 3. The van der Waals surface area contributed by atoms with Gasteiger partial charge in [0.05, 0.1) is 6.20 Å². The average Bonchev–Trinajstić information content (AvgIpc) is 2.65. The van der Waals surface area contributed by atoms with E-state index in [1.165, 1.54) is 0 Å². The first-order chi connectivity index (χ1) is 7.22. The standard InChI is InChI=1S/C11H16N4/c1-3-9(8(2)12)10-5-7-15-11(14-10)4-6-13-15/h4-9H,3,12H2,1-2H3. The van der Waals surface area contributed by atoms with Crippen molar-refractivity contribution in [3.05, 3.63) is 30.2 Å². The van der Waals surface area contributed by atoms with E-state index < -0.39 is 0 Å². The zero-order chi connectivity index (χ0) is 10.8. The monoisotopic (exact) mass is 204 g/mol. The van der Waals surface area contributed by atoms with Crippen molar-refractivity contribution in [1.29, 1.82) is 0 Å². The minimum absolute atomic E-state index is 0.132. The second-order valence-electron chi connectivity index (χ2n) is 3.86. The molecule has 2 aromatic heterocycles. The topological polar surface area (TPSA) is 56.2 Å². The highest BCUT2D eigenvalue weighted by Crippen LogP contribution is 2.20. The van der Waals surface area contributed by atoms with Gasteiger partial charge in [-0.15, -0.1) is 0 Å². The molecule has 0 aliphatic heterocycles. The molecule has 80 valence electrons. The van der Waals surface area contributed by atoms with E-state index in [-0.39, 0.29) is 6.04 Å². The van der Waals surface area contributed by atoms with Crippen molar-refractivity contribution < 1.29 is 0 Å². The van der Waals surface area contributed by atoms with Crippen molar-refractivity contribution in [3.8, 4) is 0 Å². The van der Waals surface area contributed by atoms with E-state index in [0.717, 1.165) is 17.8 Å². The third-order valence-corrected chi connectivity index (χ3v) is 2.73. The molecule has 2 rings (SSSR count). The molecule has 0 aliphatic rings. The summed E-state index contributed by atoms with van der Waals surface area (Å²) in [5.41, 5.74) is 7.87. The lowest BCUT2D eigenvalue weighted by Gasteiger charge is -2.18. The zero-order valence-electron chi connectivity index (χ0n) is 9.09. The minimum atomic E-state index is 0.132. The van der Waals surface area contributed by atoms with Crippen molar-refractivity contribution in [2.75, 3.05) is 0 Å². The normalized spacial score (nSPS) is 15.4. The van der Waals surface area contributed by atoms with E-state index in [0.29, 0.717) is 5.92 Å². The van der Waals surface area contributed by atoms with Gasteiger partial charge in [-0.25, -0.2) is 9.50 Å². The summed E-state index contributed by atoms with van der Waals surface area (Å²) in [5, 5.41) is 4.11. The van der Waals surface area contributed by atoms with Crippen LogP contribution in [-0.2, 0) is 0 Å². The Morgan fingerprint density at radius 3 is 2.93 bits per heavy atom. The molecule has 4 heteroatoms. The first-order valence-electron chi connectivity index (χ1n) is 5.28. The molecule has 2 unspecified atom stereocenters. The number of hydrogen-bond donors (Lipinski definition) is 1. The summed E-state index contributed by atoms with van der Waals surface area (Å²) in [6.45, 7) is 4.16. The number of fused-ring (bicyclic) bond motifs is 1. The lowest BCUT2D eigenvalue weighted by Crippen LogP contribution is -2.25. The summed E-state index contributed by atoms with van der Waals surface area (Å²) in [5.74, 6) is 0.324. The smallest absolute Gasteiger partial charge is 0.155 e. The van der Waals surface area contributed by atoms with Crippen LogP contribution in [-0.4, -0.2) is 20.6 Å². The Bertz CT molecular complexity index is 447. The quantitative estimate of drug-likeness (QED) is 0.825. The van der Waals surface area contributed by atoms with Crippen LogP contribution >= 0.6 is 0 Å². The van der Waals surface area contributed by atoms with Gasteiger partial charge >= 0.3 is 0 Å². The van der Waals surface area contributed by atoms with Crippen LogP contribution in [0.4, 0.5) is 0 Å². The predicted octanol–water partition coefficient (Wildman–Crippen LogP) is 1.57. The first kappa shape index (κ1) is 10.1. The molecule has 4 nitrogen and oxygen atoms in total. The summed E-state index contributed by atoms with van der Waals surface area (Å²) < 4.78 is 1.76. The van der Waals surface area contributed by atoms with Crippen molar-refractivity contribution in [2.45, 2.75) is 32.2 Å². The van der Waals surface area contributed by atoms with Gasteiger partial charge in [0.15, 0.2) is 5.65 Å². The summed E-state index contributed by atoms with van der Waals surface area (Å²) in [7, 11) is 0. The molecule has 0 radical (unpaired) electrons. The highest BCUT2D eigenvalue weighted by Gasteiger charge is 2.15. The Labute approximate surface area is 89.1 Å². The number of hydrogen-bond acceptors (Lipinski definition) is 3. The third kappa shape index (κ3) is 1.85. The fraction of sp³-hybridized carbons (Fsp3) is 0.455. The maximum Gasteiger partial charge on any atom is 0.155 e. The highest BCUT2D eigenvalue weighted by molar-refractivity contribution is 5.37. The molecule has 15 heavy (non-hydrogen) atoms. The van der Waals surface area contributed by atoms with Gasteiger partial charge in [-0.1, -0.05) is 6.92 Å². The Morgan fingerprint density at radius 1 is 1.47 bits per heavy atom. The molecule has 0 amide bonds. The predicted molar refractivity (Wildman–Crippen MR) is 59.7 cm³/mol. The minimum Gasteiger partial charge on any atom is -0.327 e. The van der Waals surface area contributed by atoms with Crippen LogP contribution < -0.4 is 5.73 Å². The van der Waals surface area contributed by atoms with Crippen LogP contribution in [0.15, 0.2) is 24.5 Å². The summed E-state index contributed by atoms with van der Waals surface area (Å²) >= 11 is 0. The zero-order valence-corrected chi connectivity index (χ0v) is 9.09. The lowest BCUT2D eigenvalue weighted by atomic mass is 9.95. The molecule has 0 fully saturated rings. The van der Waals surface area contributed by atoms with Crippen LogP contribution in [0, 0.1) is 0 Å². The van der Waals surface area contributed by atoms with Gasteiger partial charge < -0.3 is 5.73 Å². The number of aromatic nitrogens is 3. The average molecular weight is 204 g/mol. The Kier molecular flexibility index (Phi) is 2.68. The molecular weight excluding hydrogens is 188 g/mol. The molecule has 2 heterocycles. The summed E-state index contributed by atoms with van der Waals surface area (Å²) in [6, 6.07) is 4.03. The van der Waals surface area contributed by atoms with Crippen LogP contribution in [0.3, 0.4) is 0 Å². The van der Waals surface area contributed by atoms with Crippen LogP contribution in [0.1, 0.15) is 31.9 Å². The van der Waals surface area contributed by atoms with Crippen molar-refractivity contribution in [1.82, 2.24) is 14.6 Å². The van der Waals surface area contributed by atoms with Crippen molar-refractivity contribution in [3.63, 3.8) is 0 Å².